The molecule has 0 spiro atoms. The van der Waals surface area contributed by atoms with Gasteiger partial charge in [-0.15, -0.1) is 0 Å². The van der Waals surface area contributed by atoms with Gasteiger partial charge < -0.3 is 14.6 Å². The summed E-state index contributed by atoms with van der Waals surface area (Å²) >= 11 is 0. The van der Waals surface area contributed by atoms with E-state index in [1.165, 1.54) is 24.3 Å². The van der Waals surface area contributed by atoms with Crippen molar-refractivity contribution < 1.29 is 18.4 Å². The number of hydrogen-bond donors (Lipinski definition) is 1. The molecule has 2 heterocycles. The van der Waals surface area contributed by atoms with Crippen LogP contribution >= 0.6 is 0 Å². The molecule has 0 aliphatic carbocycles. The van der Waals surface area contributed by atoms with Crippen LogP contribution in [0.25, 0.3) is 11.3 Å². The summed E-state index contributed by atoms with van der Waals surface area (Å²) in [6.07, 6.45) is 0.603. The Morgan fingerprint density at radius 1 is 0.971 bits per heavy atom. The quantitative estimate of drug-likeness (QED) is 0.421. The Hall–Kier alpha value is -4.19. The number of nitrogens with one attached hydrogen (secondary N) is 1. The van der Waals surface area contributed by atoms with Crippen molar-refractivity contribution in [1.82, 2.24) is 4.90 Å². The van der Waals surface area contributed by atoms with E-state index in [1.807, 2.05) is 55.5 Å². The minimum Gasteiger partial charge on any atom is -0.461 e. The summed E-state index contributed by atoms with van der Waals surface area (Å²) in [5.41, 5.74) is 4.47. The first-order valence-electron chi connectivity index (χ1n) is 11.1. The van der Waals surface area contributed by atoms with Crippen molar-refractivity contribution in [3.8, 4) is 11.3 Å². The third-order valence-corrected chi connectivity index (χ3v) is 6.04. The van der Waals surface area contributed by atoms with Gasteiger partial charge in [-0.3, -0.25) is 9.59 Å². The van der Waals surface area contributed by atoms with Crippen LogP contribution in [0.1, 0.15) is 37.6 Å². The lowest BCUT2D eigenvalue weighted by molar-refractivity contribution is 0.0729. The van der Waals surface area contributed by atoms with Crippen LogP contribution in [-0.2, 0) is 13.0 Å². The Morgan fingerprint density at radius 2 is 1.76 bits per heavy atom. The number of aryl methyl sites for hydroxylation is 1. The Labute approximate surface area is 196 Å². The number of fused-ring (bicyclic) bond motifs is 1. The van der Waals surface area contributed by atoms with Gasteiger partial charge in [-0.1, -0.05) is 30.3 Å². The van der Waals surface area contributed by atoms with Crippen molar-refractivity contribution in [3.63, 3.8) is 0 Å². The monoisotopic (exact) mass is 454 g/mol. The van der Waals surface area contributed by atoms with Gasteiger partial charge in [0.1, 0.15) is 17.3 Å². The second kappa shape index (κ2) is 8.98. The molecule has 5 rings (SSSR count). The molecule has 0 atom stereocenters. The molecule has 5 nitrogen and oxygen atoms in total. The van der Waals surface area contributed by atoms with Gasteiger partial charge in [0.15, 0.2) is 0 Å². The molecule has 6 heteroatoms. The average molecular weight is 455 g/mol. The predicted molar refractivity (Wildman–Crippen MR) is 128 cm³/mol. The number of carbonyl (C=O) groups is 2. The molecule has 0 saturated carbocycles. The van der Waals surface area contributed by atoms with Crippen LogP contribution in [0.5, 0.6) is 0 Å². The lowest BCUT2D eigenvalue weighted by Crippen LogP contribution is -2.35. The maximum absolute atomic E-state index is 13.2. The molecule has 0 bridgehead atoms. The summed E-state index contributed by atoms with van der Waals surface area (Å²) in [5, 5.41) is 2.95. The zero-order valence-corrected chi connectivity index (χ0v) is 18.7. The molecule has 0 fully saturated rings. The van der Waals surface area contributed by atoms with Gasteiger partial charge in [-0.25, -0.2) is 4.39 Å². The third kappa shape index (κ3) is 4.35. The molecule has 1 aliphatic rings. The highest BCUT2D eigenvalue weighted by molar-refractivity contribution is 6.05. The van der Waals surface area contributed by atoms with Gasteiger partial charge in [0.25, 0.3) is 11.8 Å². The number of amides is 2. The number of hydrogen-bond acceptors (Lipinski definition) is 3. The molecule has 4 aromatic rings. The minimum atomic E-state index is -0.366. The van der Waals surface area contributed by atoms with Crippen LogP contribution in [0.15, 0.2) is 83.3 Å². The largest absolute Gasteiger partial charge is 0.461 e. The topological polar surface area (TPSA) is 62.6 Å². The maximum Gasteiger partial charge on any atom is 0.255 e. The van der Waals surface area contributed by atoms with Crippen molar-refractivity contribution in [1.29, 1.82) is 0 Å². The van der Waals surface area contributed by atoms with Crippen LogP contribution in [0.3, 0.4) is 0 Å². The Bertz CT molecular complexity index is 1370. The van der Waals surface area contributed by atoms with E-state index in [-0.39, 0.29) is 17.6 Å². The fourth-order valence-corrected chi connectivity index (χ4v) is 4.20. The molecular formula is C28H23FN2O3. The van der Waals surface area contributed by atoms with E-state index in [2.05, 4.69) is 5.32 Å². The average Bonchev–Trinajstić information content (AvgIpc) is 3.28. The lowest BCUT2D eigenvalue weighted by Gasteiger charge is -2.26. The highest BCUT2D eigenvalue weighted by Crippen LogP contribution is 2.31. The highest BCUT2D eigenvalue weighted by Gasteiger charge is 2.25. The van der Waals surface area contributed by atoms with Gasteiger partial charge in [0.05, 0.1) is 0 Å². The Kier molecular flexibility index (Phi) is 5.72. The summed E-state index contributed by atoms with van der Waals surface area (Å²) < 4.78 is 19.3. The number of rotatable bonds is 4. The lowest BCUT2D eigenvalue weighted by atomic mass is 10.1. The molecular weight excluding hydrogens is 431 g/mol. The number of halogens is 1. The smallest absolute Gasteiger partial charge is 0.255 e. The molecule has 1 aliphatic heterocycles. The van der Waals surface area contributed by atoms with E-state index in [0.717, 1.165) is 22.5 Å². The van der Waals surface area contributed by atoms with Gasteiger partial charge in [-0.05, 0) is 61.0 Å². The SMILES string of the molecule is Cc1ccccc1C(=O)Nc1cccc(-c2cc3c(o2)CCN(C(=O)c2ccc(F)cc2)C3)c1. The second-order valence-corrected chi connectivity index (χ2v) is 8.39. The summed E-state index contributed by atoms with van der Waals surface area (Å²) in [7, 11) is 0. The van der Waals surface area contributed by atoms with Crippen molar-refractivity contribution in [3.05, 3.63) is 113 Å². The first-order chi connectivity index (χ1) is 16.5. The summed E-state index contributed by atoms with van der Waals surface area (Å²) in [4.78, 5) is 27.2. The molecule has 2 amide bonds. The normalized spacial score (nSPS) is 12.8. The Morgan fingerprint density at radius 3 is 2.56 bits per heavy atom. The van der Waals surface area contributed by atoms with Gasteiger partial charge >= 0.3 is 0 Å². The van der Waals surface area contributed by atoms with E-state index in [1.54, 1.807) is 11.0 Å². The Balaban J connectivity index is 1.33. The summed E-state index contributed by atoms with van der Waals surface area (Å²) in [6, 6.07) is 22.5. The zero-order chi connectivity index (χ0) is 23.7. The number of nitrogens with zero attached hydrogens (tertiary/aromatic N) is 1. The van der Waals surface area contributed by atoms with Gasteiger partial charge in [0, 0.05) is 47.5 Å². The van der Waals surface area contributed by atoms with Crippen LogP contribution in [0.4, 0.5) is 10.1 Å². The molecule has 1 N–H and O–H groups in total. The molecule has 0 radical (unpaired) electrons. The van der Waals surface area contributed by atoms with Crippen LogP contribution in [0, 0.1) is 12.7 Å². The molecule has 0 saturated heterocycles. The summed E-state index contributed by atoms with van der Waals surface area (Å²) in [6.45, 7) is 2.87. The number of carbonyl (C=O) groups excluding carboxylic acids is 2. The first kappa shape index (κ1) is 21.6. The minimum absolute atomic E-state index is 0.130. The molecule has 1 aromatic heterocycles. The number of anilines is 1. The van der Waals surface area contributed by atoms with Crippen molar-refractivity contribution in [2.45, 2.75) is 19.9 Å². The first-order valence-corrected chi connectivity index (χ1v) is 11.1. The van der Waals surface area contributed by atoms with Crippen LogP contribution in [-0.4, -0.2) is 23.3 Å². The third-order valence-electron chi connectivity index (χ3n) is 6.04. The van der Waals surface area contributed by atoms with E-state index in [0.29, 0.717) is 42.1 Å². The highest BCUT2D eigenvalue weighted by atomic mass is 19.1. The van der Waals surface area contributed by atoms with Crippen molar-refractivity contribution >= 4 is 17.5 Å². The molecule has 34 heavy (non-hydrogen) atoms. The second-order valence-electron chi connectivity index (χ2n) is 8.39. The van der Waals surface area contributed by atoms with Crippen molar-refractivity contribution in [2.24, 2.45) is 0 Å². The van der Waals surface area contributed by atoms with Crippen LogP contribution < -0.4 is 5.32 Å². The van der Waals surface area contributed by atoms with Gasteiger partial charge in [-0.2, -0.15) is 0 Å². The van der Waals surface area contributed by atoms with Crippen molar-refractivity contribution in [2.75, 3.05) is 11.9 Å². The maximum atomic E-state index is 13.2. The molecule has 0 unspecified atom stereocenters. The van der Waals surface area contributed by atoms with Gasteiger partial charge in [0.2, 0.25) is 0 Å². The van der Waals surface area contributed by atoms with E-state index < -0.39 is 0 Å². The number of furan rings is 1. The van der Waals surface area contributed by atoms with Crippen LogP contribution in [0.2, 0.25) is 0 Å². The van der Waals surface area contributed by atoms with E-state index in [9.17, 15) is 14.0 Å². The zero-order valence-electron chi connectivity index (χ0n) is 18.7. The fourth-order valence-electron chi connectivity index (χ4n) is 4.20. The van der Waals surface area contributed by atoms with E-state index >= 15 is 0 Å². The predicted octanol–water partition coefficient (Wildman–Crippen LogP) is 5.84. The van der Waals surface area contributed by atoms with E-state index in [4.69, 9.17) is 4.42 Å². The molecule has 3 aromatic carbocycles. The summed E-state index contributed by atoms with van der Waals surface area (Å²) in [5.74, 6) is 0.883. The molecule has 170 valence electrons. The fraction of sp³-hybridized carbons (Fsp3) is 0.143. The standard InChI is InChI=1S/C28H23FN2O3/c1-18-5-2-3-8-24(18)27(32)30-23-7-4-6-20(15-23)26-16-21-17-31(14-13-25(21)34-26)28(33)19-9-11-22(29)12-10-19/h2-12,15-16H,13-14,17H2,1H3,(H,30,32). The number of benzene rings is 3.